The molecule has 11 heteroatoms. The summed E-state index contributed by atoms with van der Waals surface area (Å²) in [4.78, 5) is 68.4. The molecule has 0 spiro atoms. The highest BCUT2D eigenvalue weighted by molar-refractivity contribution is 5.91. The second-order valence-electron chi connectivity index (χ2n) is 10.4. The van der Waals surface area contributed by atoms with E-state index in [9.17, 15) is 24.0 Å². The Morgan fingerprint density at radius 3 is 2.62 bits per heavy atom. The molecule has 0 unspecified atom stereocenters. The second kappa shape index (κ2) is 10.2. The maximum atomic E-state index is 13.7. The third-order valence-electron chi connectivity index (χ3n) is 7.46. The van der Waals surface area contributed by atoms with Gasteiger partial charge in [-0.2, -0.15) is 0 Å². The van der Waals surface area contributed by atoms with Gasteiger partial charge in [-0.3, -0.25) is 14.4 Å². The zero-order valence-corrected chi connectivity index (χ0v) is 22.4. The highest BCUT2D eigenvalue weighted by Crippen LogP contribution is 2.41. The zero-order valence-electron chi connectivity index (χ0n) is 22.4. The van der Waals surface area contributed by atoms with Crippen molar-refractivity contribution in [1.82, 2.24) is 14.9 Å². The van der Waals surface area contributed by atoms with E-state index >= 15 is 0 Å². The van der Waals surface area contributed by atoms with Gasteiger partial charge in [0.1, 0.15) is 12.6 Å². The van der Waals surface area contributed by atoms with Crippen LogP contribution in [0.3, 0.4) is 0 Å². The predicted octanol–water partition coefficient (Wildman–Crippen LogP) is 2.64. The Labute approximate surface area is 229 Å². The number of carboxylic acids is 1. The number of aliphatic carboxylic acids is 1. The van der Waals surface area contributed by atoms with Gasteiger partial charge in [0, 0.05) is 22.9 Å². The lowest BCUT2D eigenvalue weighted by Gasteiger charge is -2.37. The first-order chi connectivity index (χ1) is 19.1. The van der Waals surface area contributed by atoms with Crippen LogP contribution in [0.15, 0.2) is 41.2 Å². The Hall–Kier alpha value is -4.54. The largest absolute Gasteiger partial charge is 0.481 e. The number of esters is 2. The van der Waals surface area contributed by atoms with Crippen LogP contribution in [0, 0.1) is 5.92 Å². The molecule has 3 aromatic rings. The summed E-state index contributed by atoms with van der Waals surface area (Å²) in [6.07, 6.45) is -0.743. The van der Waals surface area contributed by atoms with Crippen LogP contribution in [-0.2, 0) is 47.4 Å². The minimum Gasteiger partial charge on any atom is -0.481 e. The molecule has 40 heavy (non-hydrogen) atoms. The molecule has 0 saturated heterocycles. The number of fused-ring (bicyclic) bond motifs is 5. The summed E-state index contributed by atoms with van der Waals surface area (Å²) < 4.78 is 12.8. The van der Waals surface area contributed by atoms with Crippen LogP contribution >= 0.6 is 0 Å². The lowest BCUT2D eigenvalue weighted by atomic mass is 9.85. The fraction of sp³-hybridized carbons (Fsp3) is 0.379. The minimum atomic E-state index is -1.92. The number of hydrogen-bond donors (Lipinski definition) is 2. The standard InChI is InChI=1S/C29H29N3O8/c1-4-29(40-27(37)24(15(2)3)31-22(33)9-10-23(34)35)19-12-21-25-17(11-16-7-5-6-8-20(16)30-25)13-32(21)26(36)18(19)14-39-28(29)38/h5-8,11-12,15,24H,4,9-10,13-14H2,1-3H3,(H,31,33)(H,34,35)/t24-,29+/m0/s1. The van der Waals surface area contributed by atoms with Gasteiger partial charge in [0.15, 0.2) is 0 Å². The van der Waals surface area contributed by atoms with Gasteiger partial charge in [-0.05, 0) is 30.5 Å². The molecule has 0 bridgehead atoms. The quantitative estimate of drug-likeness (QED) is 0.317. The third kappa shape index (κ3) is 4.51. The first-order valence-corrected chi connectivity index (χ1v) is 13.1. The van der Waals surface area contributed by atoms with Crippen molar-refractivity contribution in [3.05, 3.63) is 63.4 Å². The van der Waals surface area contributed by atoms with Gasteiger partial charge < -0.3 is 24.5 Å². The second-order valence-corrected chi connectivity index (χ2v) is 10.4. The van der Waals surface area contributed by atoms with Crippen molar-refractivity contribution in [2.24, 2.45) is 5.92 Å². The van der Waals surface area contributed by atoms with Crippen molar-refractivity contribution >= 4 is 34.7 Å². The van der Waals surface area contributed by atoms with Crippen LogP contribution in [0.4, 0.5) is 0 Å². The van der Waals surface area contributed by atoms with Crippen molar-refractivity contribution < 1.29 is 33.8 Å². The van der Waals surface area contributed by atoms with Crippen LogP contribution in [0.5, 0.6) is 0 Å². The van der Waals surface area contributed by atoms with Crippen LogP contribution in [-0.4, -0.2) is 44.5 Å². The van der Waals surface area contributed by atoms with Gasteiger partial charge in [0.05, 0.1) is 35.4 Å². The molecule has 0 saturated carbocycles. The van der Waals surface area contributed by atoms with Crippen molar-refractivity contribution in [3.63, 3.8) is 0 Å². The van der Waals surface area contributed by atoms with Crippen LogP contribution < -0.4 is 10.9 Å². The van der Waals surface area contributed by atoms with E-state index in [-0.39, 0.29) is 36.1 Å². The Balaban J connectivity index is 1.55. The average Bonchev–Trinajstić information content (AvgIpc) is 3.28. The predicted molar refractivity (Wildman–Crippen MR) is 142 cm³/mol. The summed E-state index contributed by atoms with van der Waals surface area (Å²) in [5, 5.41) is 12.3. The summed E-state index contributed by atoms with van der Waals surface area (Å²) in [7, 11) is 0. The van der Waals surface area contributed by atoms with Gasteiger partial charge in [0.2, 0.25) is 11.5 Å². The number of nitrogens with zero attached hydrogens (tertiary/aromatic N) is 2. The zero-order chi connectivity index (χ0) is 28.8. The number of benzene rings is 1. The molecule has 2 N–H and O–H groups in total. The highest BCUT2D eigenvalue weighted by Gasteiger charge is 2.51. The van der Waals surface area contributed by atoms with E-state index in [1.807, 2.05) is 30.3 Å². The number of pyridine rings is 2. The van der Waals surface area contributed by atoms with Gasteiger partial charge in [-0.15, -0.1) is 0 Å². The topological polar surface area (TPSA) is 154 Å². The first kappa shape index (κ1) is 27.0. The van der Waals surface area contributed by atoms with E-state index in [2.05, 4.69) is 5.32 Å². The minimum absolute atomic E-state index is 0.0246. The number of amides is 1. The lowest BCUT2D eigenvalue weighted by molar-refractivity contribution is -0.191. The van der Waals surface area contributed by atoms with Gasteiger partial charge >= 0.3 is 17.9 Å². The third-order valence-corrected chi connectivity index (χ3v) is 7.46. The lowest BCUT2D eigenvalue weighted by Crippen LogP contribution is -2.52. The summed E-state index contributed by atoms with van der Waals surface area (Å²) >= 11 is 0. The Kier molecular flexibility index (Phi) is 6.91. The van der Waals surface area contributed by atoms with Crippen LogP contribution in [0.1, 0.15) is 56.7 Å². The fourth-order valence-corrected chi connectivity index (χ4v) is 5.28. The Morgan fingerprint density at radius 1 is 1.18 bits per heavy atom. The molecular formula is C29H29N3O8. The van der Waals surface area contributed by atoms with E-state index in [1.165, 1.54) is 0 Å². The van der Waals surface area contributed by atoms with Crippen LogP contribution in [0.2, 0.25) is 0 Å². The summed E-state index contributed by atoms with van der Waals surface area (Å²) in [6, 6.07) is 10.1. The number of cyclic esters (lactones) is 1. The molecule has 0 radical (unpaired) electrons. The molecule has 208 valence electrons. The number of carboxylic acid groups (broad SMARTS) is 1. The molecule has 2 aromatic heterocycles. The number of carbonyl (C=O) groups excluding carboxylic acids is 3. The highest BCUT2D eigenvalue weighted by atomic mass is 16.6. The SMILES string of the molecule is CC[C@]1(OC(=O)[C@@H](NC(=O)CCC(=O)O)C(C)C)C(=O)OCc2c1cc1n(c2=O)Cc2cc3ccccc3nc2-1. The molecule has 11 nitrogen and oxygen atoms in total. The molecule has 0 aliphatic carbocycles. The van der Waals surface area contributed by atoms with Crippen molar-refractivity contribution in [2.75, 3.05) is 0 Å². The smallest absolute Gasteiger partial charge is 0.355 e. The number of para-hydroxylation sites is 1. The number of nitrogens with one attached hydrogen (secondary N) is 1. The molecular weight excluding hydrogens is 518 g/mol. The maximum absolute atomic E-state index is 13.7. The molecule has 2 aliphatic rings. The number of carbonyl (C=O) groups is 4. The summed E-state index contributed by atoms with van der Waals surface area (Å²) in [5.41, 5.74) is 0.894. The number of hydrogen-bond acceptors (Lipinski definition) is 8. The summed E-state index contributed by atoms with van der Waals surface area (Å²) in [5.74, 6) is -3.93. The average molecular weight is 548 g/mol. The number of rotatable bonds is 8. The first-order valence-electron chi connectivity index (χ1n) is 13.1. The molecule has 1 amide bonds. The van der Waals surface area contributed by atoms with Gasteiger partial charge in [0.25, 0.3) is 5.56 Å². The van der Waals surface area contributed by atoms with Gasteiger partial charge in [-0.1, -0.05) is 39.0 Å². The van der Waals surface area contributed by atoms with Crippen LogP contribution in [0.25, 0.3) is 22.3 Å². The van der Waals surface area contributed by atoms with E-state index in [1.54, 1.807) is 31.4 Å². The van der Waals surface area contributed by atoms with Crippen molar-refractivity contribution in [1.29, 1.82) is 0 Å². The van der Waals surface area contributed by atoms with Crippen molar-refractivity contribution in [2.45, 2.75) is 64.8 Å². The molecule has 2 atom stereocenters. The molecule has 4 heterocycles. The number of ether oxygens (including phenoxy) is 2. The van der Waals surface area contributed by atoms with E-state index < -0.39 is 47.8 Å². The Bertz CT molecular complexity index is 1630. The fourth-order valence-electron chi connectivity index (χ4n) is 5.28. The van der Waals surface area contributed by atoms with E-state index in [4.69, 9.17) is 19.6 Å². The van der Waals surface area contributed by atoms with Crippen molar-refractivity contribution in [3.8, 4) is 11.4 Å². The molecule has 5 rings (SSSR count). The monoisotopic (exact) mass is 547 g/mol. The normalized spacial score (nSPS) is 17.9. The van der Waals surface area contributed by atoms with E-state index in [0.29, 0.717) is 17.9 Å². The maximum Gasteiger partial charge on any atom is 0.355 e. The number of aromatic nitrogens is 2. The molecule has 2 aliphatic heterocycles. The Morgan fingerprint density at radius 2 is 1.93 bits per heavy atom. The molecule has 0 fully saturated rings. The molecule has 1 aromatic carbocycles. The van der Waals surface area contributed by atoms with E-state index in [0.717, 1.165) is 16.5 Å². The van der Waals surface area contributed by atoms with Gasteiger partial charge in [-0.25, -0.2) is 14.6 Å². The summed E-state index contributed by atoms with van der Waals surface area (Å²) in [6.45, 7) is 5.05.